The Morgan fingerprint density at radius 1 is 1.30 bits per heavy atom. The van der Waals surface area contributed by atoms with Gasteiger partial charge in [0.15, 0.2) is 5.82 Å². The number of carbonyl (C=O) groups excluding carboxylic acids is 1. The Morgan fingerprint density at radius 2 is 2.17 bits per heavy atom. The van der Waals surface area contributed by atoms with E-state index >= 15 is 0 Å². The van der Waals surface area contributed by atoms with Crippen LogP contribution in [0.2, 0.25) is 0 Å². The van der Waals surface area contributed by atoms with Crippen LogP contribution in [0.15, 0.2) is 48.8 Å². The summed E-state index contributed by atoms with van der Waals surface area (Å²) in [4.78, 5) is 12.0. The van der Waals surface area contributed by atoms with Crippen LogP contribution in [0.25, 0.3) is 0 Å². The molecule has 0 atom stereocenters. The monoisotopic (exact) mass is 313 g/mol. The van der Waals surface area contributed by atoms with E-state index in [1.54, 1.807) is 33.9 Å². The van der Waals surface area contributed by atoms with Gasteiger partial charge >= 0.3 is 0 Å². The highest BCUT2D eigenvalue weighted by atomic mass is 19.1. The summed E-state index contributed by atoms with van der Waals surface area (Å²) in [6, 6.07) is 9.87. The van der Waals surface area contributed by atoms with Crippen LogP contribution in [0, 0.1) is 12.7 Å². The minimum atomic E-state index is -0.280. The van der Waals surface area contributed by atoms with Gasteiger partial charge in [0.05, 0.1) is 6.54 Å². The van der Waals surface area contributed by atoms with Gasteiger partial charge in [-0.1, -0.05) is 12.1 Å². The first kappa shape index (κ1) is 15.0. The van der Waals surface area contributed by atoms with Crippen LogP contribution >= 0.6 is 0 Å². The minimum absolute atomic E-state index is 0.135. The lowest BCUT2D eigenvalue weighted by Gasteiger charge is -2.05. The standard InChI is InChI=1S/C16H16FN5O/c1-12-5-7-18-22(12)11-16(23)19-15-6-8-21(20-15)10-13-3-2-4-14(17)9-13/h2-9H,10-11H2,1H3,(H,19,20,23). The van der Waals surface area contributed by atoms with Gasteiger partial charge in [0.25, 0.3) is 0 Å². The zero-order valence-corrected chi connectivity index (χ0v) is 12.6. The quantitative estimate of drug-likeness (QED) is 0.785. The van der Waals surface area contributed by atoms with Crippen LogP contribution in [-0.4, -0.2) is 25.5 Å². The summed E-state index contributed by atoms with van der Waals surface area (Å²) in [7, 11) is 0. The second-order valence-electron chi connectivity index (χ2n) is 5.21. The van der Waals surface area contributed by atoms with Crippen molar-refractivity contribution >= 4 is 11.7 Å². The molecule has 118 valence electrons. The molecule has 0 fully saturated rings. The number of benzene rings is 1. The topological polar surface area (TPSA) is 64.7 Å². The van der Waals surface area contributed by atoms with E-state index in [1.165, 1.54) is 12.1 Å². The average Bonchev–Trinajstić information content (AvgIpc) is 3.09. The van der Waals surface area contributed by atoms with E-state index in [0.29, 0.717) is 12.4 Å². The van der Waals surface area contributed by atoms with Crippen molar-refractivity contribution in [1.82, 2.24) is 19.6 Å². The van der Waals surface area contributed by atoms with E-state index in [0.717, 1.165) is 11.3 Å². The van der Waals surface area contributed by atoms with Gasteiger partial charge in [-0.2, -0.15) is 10.2 Å². The molecule has 2 heterocycles. The molecule has 7 heteroatoms. The summed E-state index contributed by atoms with van der Waals surface area (Å²) < 4.78 is 16.4. The number of hydrogen-bond acceptors (Lipinski definition) is 3. The van der Waals surface area contributed by atoms with Crippen LogP contribution < -0.4 is 5.32 Å². The molecule has 0 aliphatic heterocycles. The predicted octanol–water partition coefficient (Wildman–Crippen LogP) is 2.21. The Kier molecular flexibility index (Phi) is 4.18. The van der Waals surface area contributed by atoms with E-state index in [9.17, 15) is 9.18 Å². The fourth-order valence-electron chi connectivity index (χ4n) is 2.22. The number of halogens is 1. The lowest BCUT2D eigenvalue weighted by Crippen LogP contribution is -2.20. The molecule has 2 aromatic heterocycles. The van der Waals surface area contributed by atoms with Gasteiger partial charge in [-0.25, -0.2) is 4.39 Å². The van der Waals surface area contributed by atoms with Gasteiger partial charge in [-0.15, -0.1) is 0 Å². The molecule has 0 unspecified atom stereocenters. The number of nitrogens with one attached hydrogen (secondary N) is 1. The zero-order valence-electron chi connectivity index (χ0n) is 12.6. The maximum Gasteiger partial charge on any atom is 0.247 e. The third-order valence-corrected chi connectivity index (χ3v) is 3.36. The molecule has 23 heavy (non-hydrogen) atoms. The molecule has 0 radical (unpaired) electrons. The lowest BCUT2D eigenvalue weighted by molar-refractivity contribution is -0.117. The highest BCUT2D eigenvalue weighted by molar-refractivity contribution is 5.89. The average molecular weight is 313 g/mol. The first-order valence-electron chi connectivity index (χ1n) is 7.16. The van der Waals surface area contributed by atoms with Gasteiger partial charge in [-0.05, 0) is 30.7 Å². The van der Waals surface area contributed by atoms with Crippen molar-refractivity contribution in [2.24, 2.45) is 0 Å². The van der Waals surface area contributed by atoms with Crippen molar-refractivity contribution in [3.63, 3.8) is 0 Å². The number of carbonyl (C=O) groups is 1. The van der Waals surface area contributed by atoms with Crippen molar-refractivity contribution in [1.29, 1.82) is 0 Å². The predicted molar refractivity (Wildman–Crippen MR) is 83.3 cm³/mol. The molecule has 1 amide bonds. The summed E-state index contributed by atoms with van der Waals surface area (Å²) >= 11 is 0. The maximum absolute atomic E-state index is 13.2. The van der Waals surface area contributed by atoms with Gasteiger partial charge in [0, 0.05) is 24.2 Å². The fraction of sp³-hybridized carbons (Fsp3) is 0.188. The first-order chi connectivity index (χ1) is 11.1. The molecular weight excluding hydrogens is 297 g/mol. The van der Waals surface area contributed by atoms with Crippen molar-refractivity contribution in [3.05, 3.63) is 65.9 Å². The molecule has 3 aromatic rings. The Bertz CT molecular complexity index is 823. The third kappa shape index (κ3) is 3.82. The van der Waals surface area contributed by atoms with Crippen molar-refractivity contribution in [2.75, 3.05) is 5.32 Å². The number of rotatable bonds is 5. The molecule has 3 rings (SSSR count). The molecule has 6 nitrogen and oxygen atoms in total. The van der Waals surface area contributed by atoms with Crippen LogP contribution in [0.1, 0.15) is 11.3 Å². The number of hydrogen-bond donors (Lipinski definition) is 1. The van der Waals surface area contributed by atoms with E-state index in [-0.39, 0.29) is 18.3 Å². The lowest BCUT2D eigenvalue weighted by atomic mass is 10.2. The van der Waals surface area contributed by atoms with Gasteiger partial charge in [-0.3, -0.25) is 14.2 Å². The highest BCUT2D eigenvalue weighted by Gasteiger charge is 2.08. The van der Waals surface area contributed by atoms with E-state index in [4.69, 9.17) is 0 Å². The van der Waals surface area contributed by atoms with Crippen LogP contribution in [0.4, 0.5) is 10.2 Å². The Morgan fingerprint density at radius 3 is 2.91 bits per heavy atom. The second kappa shape index (κ2) is 6.43. The summed E-state index contributed by atoms with van der Waals surface area (Å²) in [6.07, 6.45) is 3.38. The summed E-state index contributed by atoms with van der Waals surface area (Å²) in [5.74, 6) is -0.0261. The third-order valence-electron chi connectivity index (χ3n) is 3.36. The van der Waals surface area contributed by atoms with Crippen LogP contribution in [0.3, 0.4) is 0 Å². The summed E-state index contributed by atoms with van der Waals surface area (Å²) in [6.45, 7) is 2.45. The van der Waals surface area contributed by atoms with E-state index < -0.39 is 0 Å². The Balaban J connectivity index is 1.61. The largest absolute Gasteiger partial charge is 0.308 e. The van der Waals surface area contributed by atoms with Crippen molar-refractivity contribution in [2.45, 2.75) is 20.0 Å². The molecule has 0 saturated carbocycles. The number of amides is 1. The van der Waals surface area contributed by atoms with Crippen molar-refractivity contribution in [3.8, 4) is 0 Å². The highest BCUT2D eigenvalue weighted by Crippen LogP contribution is 2.08. The van der Waals surface area contributed by atoms with Crippen LogP contribution in [-0.2, 0) is 17.9 Å². The Labute approximate surface area is 132 Å². The van der Waals surface area contributed by atoms with Crippen LogP contribution in [0.5, 0.6) is 0 Å². The molecule has 0 bridgehead atoms. The summed E-state index contributed by atoms with van der Waals surface area (Å²) in [5, 5.41) is 11.0. The number of nitrogens with zero attached hydrogens (tertiary/aromatic N) is 4. The summed E-state index contributed by atoms with van der Waals surface area (Å²) in [5.41, 5.74) is 1.72. The minimum Gasteiger partial charge on any atom is -0.308 e. The molecule has 0 aliphatic rings. The molecule has 1 aromatic carbocycles. The van der Waals surface area contributed by atoms with Gasteiger partial charge in [0.1, 0.15) is 12.4 Å². The number of aromatic nitrogens is 4. The zero-order chi connectivity index (χ0) is 16.2. The number of aryl methyl sites for hydroxylation is 1. The normalized spacial score (nSPS) is 10.7. The SMILES string of the molecule is Cc1ccnn1CC(=O)Nc1ccn(Cc2cccc(F)c2)n1. The molecule has 0 spiro atoms. The second-order valence-corrected chi connectivity index (χ2v) is 5.21. The molecule has 0 saturated heterocycles. The Hall–Kier alpha value is -2.96. The molecular formula is C16H16FN5O. The van der Waals surface area contributed by atoms with E-state index in [1.807, 2.05) is 19.1 Å². The van der Waals surface area contributed by atoms with Gasteiger partial charge in [0.2, 0.25) is 5.91 Å². The smallest absolute Gasteiger partial charge is 0.247 e. The van der Waals surface area contributed by atoms with Gasteiger partial charge < -0.3 is 5.32 Å². The fourth-order valence-corrected chi connectivity index (χ4v) is 2.22. The van der Waals surface area contributed by atoms with E-state index in [2.05, 4.69) is 15.5 Å². The first-order valence-corrected chi connectivity index (χ1v) is 7.16. The number of anilines is 1. The maximum atomic E-state index is 13.2. The van der Waals surface area contributed by atoms with Crippen molar-refractivity contribution < 1.29 is 9.18 Å². The molecule has 1 N–H and O–H groups in total. The molecule has 0 aliphatic carbocycles.